The van der Waals surface area contributed by atoms with E-state index in [-0.39, 0.29) is 31.1 Å². The summed E-state index contributed by atoms with van der Waals surface area (Å²) in [5, 5.41) is 0. The van der Waals surface area contributed by atoms with Crippen LogP contribution in [-0.2, 0) is 28.6 Å². The first-order chi connectivity index (χ1) is 27.2. The van der Waals surface area contributed by atoms with Crippen LogP contribution in [0.25, 0.3) is 0 Å². The van der Waals surface area contributed by atoms with Crippen molar-refractivity contribution < 1.29 is 28.6 Å². The van der Waals surface area contributed by atoms with E-state index in [0.29, 0.717) is 19.3 Å². The molecular weight excluding hydrogens is 697 g/mol. The number of unbranched alkanes of at least 4 members (excludes halogenated alkanes) is 29. The zero-order valence-corrected chi connectivity index (χ0v) is 38.3. The van der Waals surface area contributed by atoms with Crippen molar-refractivity contribution in [3.63, 3.8) is 0 Å². The highest BCUT2D eigenvalue weighted by Gasteiger charge is 2.19. The monoisotopic (exact) mass is 793 g/mol. The van der Waals surface area contributed by atoms with Crippen molar-refractivity contribution in [1.82, 2.24) is 0 Å². The SMILES string of the molecule is CCCCCCCCCCCCCCCCCCCC(=O)OC[C@H](COC(=O)CCCCCCCCCCCC(C)C)OC(=O)CCCCCCCCC(C)C. The summed E-state index contributed by atoms with van der Waals surface area (Å²) in [6, 6.07) is 0. The van der Waals surface area contributed by atoms with Crippen LogP contribution in [0.3, 0.4) is 0 Å². The average Bonchev–Trinajstić information content (AvgIpc) is 3.16. The van der Waals surface area contributed by atoms with E-state index in [0.717, 1.165) is 69.6 Å². The molecule has 0 amide bonds. The topological polar surface area (TPSA) is 78.9 Å². The van der Waals surface area contributed by atoms with Crippen LogP contribution in [0.1, 0.15) is 272 Å². The molecular formula is C50H96O6. The van der Waals surface area contributed by atoms with Crippen LogP contribution in [0.15, 0.2) is 0 Å². The number of hydrogen-bond acceptors (Lipinski definition) is 6. The highest BCUT2D eigenvalue weighted by molar-refractivity contribution is 5.71. The Hall–Kier alpha value is -1.59. The van der Waals surface area contributed by atoms with Crippen molar-refractivity contribution >= 4 is 17.9 Å². The molecule has 1 atom stereocenters. The van der Waals surface area contributed by atoms with Gasteiger partial charge in [0.25, 0.3) is 0 Å². The van der Waals surface area contributed by atoms with Crippen molar-refractivity contribution in [1.29, 1.82) is 0 Å². The van der Waals surface area contributed by atoms with Gasteiger partial charge in [0, 0.05) is 19.3 Å². The third kappa shape index (κ3) is 43.5. The van der Waals surface area contributed by atoms with Gasteiger partial charge >= 0.3 is 17.9 Å². The molecule has 0 aliphatic heterocycles. The third-order valence-electron chi connectivity index (χ3n) is 11.2. The van der Waals surface area contributed by atoms with Gasteiger partial charge in [-0.25, -0.2) is 0 Å². The Morgan fingerprint density at radius 1 is 0.339 bits per heavy atom. The summed E-state index contributed by atoms with van der Waals surface area (Å²) in [6.07, 6.45) is 42.5. The quantitative estimate of drug-likeness (QED) is 0.0347. The summed E-state index contributed by atoms with van der Waals surface area (Å²) < 4.78 is 16.7. The largest absolute Gasteiger partial charge is 0.462 e. The summed E-state index contributed by atoms with van der Waals surface area (Å²) in [7, 11) is 0. The molecule has 6 nitrogen and oxygen atoms in total. The molecule has 0 aliphatic carbocycles. The minimum Gasteiger partial charge on any atom is -0.462 e. The fraction of sp³-hybridized carbons (Fsp3) is 0.940. The zero-order chi connectivity index (χ0) is 41.2. The summed E-state index contributed by atoms with van der Waals surface area (Å²) in [5.74, 6) is 0.709. The van der Waals surface area contributed by atoms with Crippen molar-refractivity contribution in [2.45, 2.75) is 278 Å². The second kappa shape index (κ2) is 43.0. The van der Waals surface area contributed by atoms with Crippen LogP contribution in [0.4, 0.5) is 0 Å². The van der Waals surface area contributed by atoms with Gasteiger partial charge in [0.2, 0.25) is 0 Å². The first kappa shape index (κ1) is 54.4. The van der Waals surface area contributed by atoms with Crippen LogP contribution >= 0.6 is 0 Å². The molecule has 6 heteroatoms. The van der Waals surface area contributed by atoms with Gasteiger partial charge < -0.3 is 14.2 Å². The predicted octanol–water partition coefficient (Wildman–Crippen LogP) is 15.8. The van der Waals surface area contributed by atoms with Gasteiger partial charge in [-0.2, -0.15) is 0 Å². The smallest absolute Gasteiger partial charge is 0.306 e. The van der Waals surface area contributed by atoms with E-state index in [4.69, 9.17) is 14.2 Å². The molecule has 0 aromatic rings. The van der Waals surface area contributed by atoms with E-state index in [1.54, 1.807) is 0 Å². The van der Waals surface area contributed by atoms with Crippen LogP contribution in [-0.4, -0.2) is 37.2 Å². The second-order valence-corrected chi connectivity index (χ2v) is 18.1. The molecule has 56 heavy (non-hydrogen) atoms. The maximum absolute atomic E-state index is 12.7. The maximum Gasteiger partial charge on any atom is 0.306 e. The van der Waals surface area contributed by atoms with Crippen LogP contribution < -0.4 is 0 Å². The number of carbonyl (C=O) groups is 3. The Bertz CT molecular complexity index is 854. The Morgan fingerprint density at radius 3 is 0.875 bits per heavy atom. The molecule has 0 radical (unpaired) electrons. The molecule has 0 spiro atoms. The molecule has 0 bridgehead atoms. The van der Waals surface area contributed by atoms with Gasteiger partial charge in [0.15, 0.2) is 6.10 Å². The lowest BCUT2D eigenvalue weighted by atomic mass is 10.0. The standard InChI is InChI=1S/C50H96O6/c1-6-7-8-9-10-11-12-13-14-15-16-17-18-21-24-30-35-40-48(51)54-43-47(56-50(53)42-37-32-27-26-29-34-39-46(4)5)44-55-49(52)41-36-31-25-22-19-20-23-28-33-38-45(2)3/h45-47H,6-44H2,1-5H3/t47-/m1/s1. The van der Waals surface area contributed by atoms with E-state index in [2.05, 4.69) is 34.6 Å². The van der Waals surface area contributed by atoms with Crippen LogP contribution in [0.2, 0.25) is 0 Å². The maximum atomic E-state index is 12.7. The Kier molecular flexibility index (Phi) is 41.8. The molecule has 0 unspecified atom stereocenters. The van der Waals surface area contributed by atoms with E-state index >= 15 is 0 Å². The number of rotatable bonds is 44. The molecule has 0 aromatic carbocycles. The van der Waals surface area contributed by atoms with Crippen LogP contribution in [0.5, 0.6) is 0 Å². The van der Waals surface area contributed by atoms with Gasteiger partial charge in [0.05, 0.1) is 0 Å². The highest BCUT2D eigenvalue weighted by atomic mass is 16.6. The van der Waals surface area contributed by atoms with Gasteiger partial charge in [-0.15, -0.1) is 0 Å². The highest BCUT2D eigenvalue weighted by Crippen LogP contribution is 2.17. The van der Waals surface area contributed by atoms with Gasteiger partial charge in [-0.05, 0) is 31.1 Å². The average molecular weight is 793 g/mol. The first-order valence-corrected chi connectivity index (χ1v) is 24.7. The molecule has 0 aliphatic rings. The minimum absolute atomic E-state index is 0.0653. The Morgan fingerprint density at radius 2 is 0.589 bits per heavy atom. The Balaban J connectivity index is 4.24. The normalized spacial score (nSPS) is 12.1. The van der Waals surface area contributed by atoms with Gasteiger partial charge in [-0.3, -0.25) is 14.4 Å². The molecule has 332 valence electrons. The molecule has 0 fully saturated rings. The van der Waals surface area contributed by atoms with Crippen molar-refractivity contribution in [2.24, 2.45) is 11.8 Å². The van der Waals surface area contributed by atoms with Crippen molar-refractivity contribution in [3.05, 3.63) is 0 Å². The number of ether oxygens (including phenoxy) is 3. The lowest BCUT2D eigenvalue weighted by molar-refractivity contribution is -0.167. The molecule has 0 saturated carbocycles. The molecule has 0 aromatic heterocycles. The van der Waals surface area contributed by atoms with E-state index in [9.17, 15) is 14.4 Å². The zero-order valence-electron chi connectivity index (χ0n) is 38.3. The van der Waals surface area contributed by atoms with E-state index in [1.807, 2.05) is 0 Å². The lowest BCUT2D eigenvalue weighted by Crippen LogP contribution is -2.30. The predicted molar refractivity (Wildman–Crippen MR) is 238 cm³/mol. The molecule has 0 heterocycles. The summed E-state index contributed by atoms with van der Waals surface area (Å²) in [5.41, 5.74) is 0. The summed E-state index contributed by atoms with van der Waals surface area (Å²) >= 11 is 0. The number of carbonyl (C=O) groups excluding carboxylic acids is 3. The molecule has 0 saturated heterocycles. The van der Waals surface area contributed by atoms with Crippen molar-refractivity contribution in [2.75, 3.05) is 13.2 Å². The second-order valence-electron chi connectivity index (χ2n) is 18.1. The third-order valence-corrected chi connectivity index (χ3v) is 11.2. The molecule has 0 rings (SSSR count). The minimum atomic E-state index is -0.762. The molecule has 0 N–H and O–H groups in total. The summed E-state index contributed by atoms with van der Waals surface area (Å²) in [4.78, 5) is 37.8. The van der Waals surface area contributed by atoms with E-state index in [1.165, 1.54) is 161 Å². The van der Waals surface area contributed by atoms with Gasteiger partial charge in [0.1, 0.15) is 13.2 Å². The van der Waals surface area contributed by atoms with Crippen LogP contribution in [0, 0.1) is 11.8 Å². The fourth-order valence-corrected chi connectivity index (χ4v) is 7.46. The van der Waals surface area contributed by atoms with Crippen molar-refractivity contribution in [3.8, 4) is 0 Å². The van der Waals surface area contributed by atoms with Gasteiger partial charge in [-0.1, -0.05) is 234 Å². The number of hydrogen-bond donors (Lipinski definition) is 0. The first-order valence-electron chi connectivity index (χ1n) is 24.7. The summed E-state index contributed by atoms with van der Waals surface area (Å²) in [6.45, 7) is 11.3. The Labute approximate surface area is 348 Å². The fourth-order valence-electron chi connectivity index (χ4n) is 7.46. The van der Waals surface area contributed by atoms with E-state index < -0.39 is 6.10 Å². The number of esters is 3. The lowest BCUT2D eigenvalue weighted by Gasteiger charge is -2.18.